The number of nitrogens with zero attached hydrogens (tertiary/aromatic N) is 9. The van der Waals surface area contributed by atoms with Crippen LogP contribution in [-0.2, 0) is 7.05 Å². The fourth-order valence-electron chi connectivity index (χ4n) is 3.44. The van der Waals surface area contributed by atoms with E-state index in [1.807, 2.05) is 0 Å². The first-order chi connectivity index (χ1) is 20.3. The van der Waals surface area contributed by atoms with E-state index in [2.05, 4.69) is 74.8 Å². The topological polar surface area (TPSA) is 287 Å². The van der Waals surface area contributed by atoms with E-state index in [1.54, 1.807) is 14.0 Å². The first-order valence-electron chi connectivity index (χ1n) is 11.8. The number of aromatic nitrogens is 16. The van der Waals surface area contributed by atoms with Gasteiger partial charge in [-0.3, -0.25) is 14.6 Å². The van der Waals surface area contributed by atoms with E-state index in [4.69, 9.17) is 0 Å². The predicted molar refractivity (Wildman–Crippen MR) is 147 cm³/mol. The SMILES string of the molecule is Cc1[nH]c(=O)nc2nc[nH]c12.Cn1cnc2nc[nH]c2c1=O.O=c1[nH]cnc2nc[nH]c12.O=c1ncc2[nH]cnc2[nH]1. The quantitative estimate of drug-likeness (QED) is 0.114. The van der Waals surface area contributed by atoms with Crippen LogP contribution in [-0.4, -0.2) is 79.3 Å². The number of aromatic amines is 7. The van der Waals surface area contributed by atoms with E-state index >= 15 is 0 Å². The van der Waals surface area contributed by atoms with Crippen LogP contribution in [0.15, 0.2) is 63.3 Å². The first-order valence-corrected chi connectivity index (χ1v) is 11.8. The molecule has 20 heteroatoms. The molecule has 8 aromatic rings. The van der Waals surface area contributed by atoms with Crippen LogP contribution in [0.5, 0.6) is 0 Å². The average Bonchev–Trinajstić information content (AvgIpc) is 3.78. The monoisotopic (exact) mass is 572 g/mol. The Hall–Kier alpha value is -6.60. The molecule has 0 fully saturated rings. The third-order valence-electron chi connectivity index (χ3n) is 5.44. The molecule has 8 heterocycles. The molecule has 0 saturated carbocycles. The minimum absolute atomic E-state index is 0.104. The molecule has 0 radical (unpaired) electrons. The van der Waals surface area contributed by atoms with Crippen molar-refractivity contribution in [1.82, 2.24) is 79.3 Å². The second-order valence-electron chi connectivity index (χ2n) is 8.22. The van der Waals surface area contributed by atoms with Crippen molar-refractivity contribution in [3.05, 3.63) is 91.5 Å². The number of H-pyrrole nitrogens is 7. The van der Waals surface area contributed by atoms with E-state index in [0.29, 0.717) is 33.6 Å². The molecule has 0 spiro atoms. The van der Waals surface area contributed by atoms with Crippen LogP contribution in [0.25, 0.3) is 44.7 Å². The second kappa shape index (κ2) is 11.6. The van der Waals surface area contributed by atoms with Crippen LogP contribution in [0, 0.1) is 6.92 Å². The van der Waals surface area contributed by atoms with Crippen LogP contribution in [0.4, 0.5) is 0 Å². The summed E-state index contributed by atoms with van der Waals surface area (Å²) >= 11 is 0. The van der Waals surface area contributed by atoms with Gasteiger partial charge >= 0.3 is 11.4 Å². The highest BCUT2D eigenvalue weighted by Gasteiger charge is 2.02. The summed E-state index contributed by atoms with van der Waals surface area (Å²) in [6, 6.07) is 0. The molecule has 0 aliphatic rings. The molecule has 0 bridgehead atoms. The number of aryl methyl sites for hydroxylation is 2. The molecule has 8 aromatic heterocycles. The lowest BCUT2D eigenvalue weighted by molar-refractivity contribution is 0.839. The van der Waals surface area contributed by atoms with Crippen molar-refractivity contribution >= 4 is 44.7 Å². The number of rotatable bonds is 0. The van der Waals surface area contributed by atoms with Crippen molar-refractivity contribution in [2.75, 3.05) is 0 Å². The molecule has 0 aliphatic heterocycles. The molecule has 212 valence electrons. The third kappa shape index (κ3) is 5.85. The largest absolute Gasteiger partial charge is 0.347 e. The highest BCUT2D eigenvalue weighted by Crippen LogP contribution is 2.04. The van der Waals surface area contributed by atoms with Crippen molar-refractivity contribution in [2.45, 2.75) is 6.92 Å². The van der Waals surface area contributed by atoms with Gasteiger partial charge in [0.15, 0.2) is 33.6 Å². The van der Waals surface area contributed by atoms with Gasteiger partial charge in [0, 0.05) is 12.7 Å². The Kier molecular flexibility index (Phi) is 7.48. The Morgan fingerprint density at radius 2 is 1.24 bits per heavy atom. The van der Waals surface area contributed by atoms with Gasteiger partial charge in [0.1, 0.15) is 11.0 Å². The van der Waals surface area contributed by atoms with Crippen molar-refractivity contribution in [1.29, 1.82) is 0 Å². The lowest BCUT2D eigenvalue weighted by Crippen LogP contribution is -2.16. The number of imidazole rings is 4. The molecule has 7 N–H and O–H groups in total. The highest BCUT2D eigenvalue weighted by atomic mass is 16.1. The van der Waals surface area contributed by atoms with Gasteiger partial charge in [-0.1, -0.05) is 0 Å². The molecule has 8 rings (SSSR count). The smallest absolute Gasteiger partial charge is 0.342 e. The number of hydrogen-bond acceptors (Lipinski definition) is 12. The maximum atomic E-state index is 11.2. The van der Waals surface area contributed by atoms with Gasteiger partial charge in [0.2, 0.25) is 0 Å². The van der Waals surface area contributed by atoms with Crippen LogP contribution in [0.3, 0.4) is 0 Å². The summed E-state index contributed by atoms with van der Waals surface area (Å²) in [6.45, 7) is 1.80. The van der Waals surface area contributed by atoms with Crippen LogP contribution in [0.2, 0.25) is 0 Å². The Morgan fingerprint density at radius 3 is 1.98 bits per heavy atom. The Balaban J connectivity index is 0.000000112. The molecule has 0 aliphatic carbocycles. The Bertz CT molecular complexity index is 2350. The summed E-state index contributed by atoms with van der Waals surface area (Å²) in [5.41, 5.74) is 4.04. The fraction of sp³-hybridized carbons (Fsp3) is 0.0909. The summed E-state index contributed by atoms with van der Waals surface area (Å²) in [6.07, 6.45) is 10.1. The van der Waals surface area contributed by atoms with Gasteiger partial charge in [0.05, 0.1) is 44.2 Å². The Labute approximate surface area is 229 Å². The maximum absolute atomic E-state index is 11.2. The molecule has 0 amide bonds. The molecule has 0 aromatic carbocycles. The zero-order chi connectivity index (χ0) is 29.6. The molecular weight excluding hydrogens is 552 g/mol. The van der Waals surface area contributed by atoms with Gasteiger partial charge < -0.3 is 34.5 Å². The molecular formula is C22H20N16O4. The summed E-state index contributed by atoms with van der Waals surface area (Å²) in [5, 5.41) is 0. The zero-order valence-electron chi connectivity index (χ0n) is 21.7. The molecule has 42 heavy (non-hydrogen) atoms. The lowest BCUT2D eigenvalue weighted by atomic mass is 10.4. The van der Waals surface area contributed by atoms with Gasteiger partial charge in [0.25, 0.3) is 11.1 Å². The van der Waals surface area contributed by atoms with Crippen molar-refractivity contribution in [3.63, 3.8) is 0 Å². The van der Waals surface area contributed by atoms with Gasteiger partial charge in [-0.25, -0.2) is 39.5 Å². The lowest BCUT2D eigenvalue weighted by Gasteiger charge is -1.92. The molecule has 0 atom stereocenters. The maximum Gasteiger partial charge on any atom is 0.347 e. The number of fused-ring (bicyclic) bond motifs is 4. The zero-order valence-corrected chi connectivity index (χ0v) is 21.7. The number of hydrogen-bond donors (Lipinski definition) is 7. The normalized spacial score (nSPS) is 10.5. The third-order valence-corrected chi connectivity index (χ3v) is 5.44. The van der Waals surface area contributed by atoms with Gasteiger partial charge in [-0.05, 0) is 6.92 Å². The van der Waals surface area contributed by atoms with Gasteiger partial charge in [-0.2, -0.15) is 9.97 Å². The summed E-state index contributed by atoms with van der Waals surface area (Å²) in [7, 11) is 1.65. The average molecular weight is 573 g/mol. The minimum atomic E-state index is -0.375. The van der Waals surface area contributed by atoms with E-state index in [-0.39, 0.29) is 22.5 Å². The van der Waals surface area contributed by atoms with Crippen molar-refractivity contribution in [2.24, 2.45) is 7.05 Å². The van der Waals surface area contributed by atoms with Crippen LogP contribution >= 0.6 is 0 Å². The van der Waals surface area contributed by atoms with E-state index in [9.17, 15) is 19.2 Å². The highest BCUT2D eigenvalue weighted by molar-refractivity contribution is 5.71. The fourth-order valence-corrected chi connectivity index (χ4v) is 3.44. The molecule has 0 unspecified atom stereocenters. The molecule has 20 nitrogen and oxygen atoms in total. The van der Waals surface area contributed by atoms with Gasteiger partial charge in [-0.15, -0.1) is 0 Å². The molecule has 0 saturated heterocycles. The minimum Gasteiger partial charge on any atom is -0.342 e. The van der Waals surface area contributed by atoms with Crippen molar-refractivity contribution < 1.29 is 0 Å². The Morgan fingerprint density at radius 1 is 0.619 bits per heavy atom. The van der Waals surface area contributed by atoms with E-state index in [0.717, 1.165) is 16.7 Å². The summed E-state index contributed by atoms with van der Waals surface area (Å²) in [4.78, 5) is 92.1. The summed E-state index contributed by atoms with van der Waals surface area (Å²) in [5.74, 6) is 0. The van der Waals surface area contributed by atoms with E-state index < -0.39 is 0 Å². The van der Waals surface area contributed by atoms with Crippen LogP contribution in [0.1, 0.15) is 5.69 Å². The summed E-state index contributed by atoms with van der Waals surface area (Å²) < 4.78 is 1.40. The first kappa shape index (κ1) is 27.0. The standard InChI is InChI=1S/2C6H6N4O.2C5H4N4O/c1-10-3-9-5-4(6(10)11)7-2-8-5;1-3-4-5(8-2-7-4)10-6(11)9-3;10-5-3-4(7-1-6-3)8-2-9-5;10-5-6-1-3-4(9-5)8-2-7-3/h2-3H,1H3,(H,7,8);2H,1H3,(H2,7,8,9,10,11);2*1-2H,(H2,6,7,8,9,10). The second-order valence-corrected chi connectivity index (χ2v) is 8.22. The number of nitrogens with one attached hydrogen (secondary N) is 7. The predicted octanol–water partition coefficient (Wildman–Crippen LogP) is -1.10. The van der Waals surface area contributed by atoms with Crippen LogP contribution < -0.4 is 22.5 Å². The van der Waals surface area contributed by atoms with E-state index in [1.165, 1.54) is 48.7 Å². The van der Waals surface area contributed by atoms with Crippen molar-refractivity contribution in [3.8, 4) is 0 Å².